The molecule has 0 N–H and O–H groups in total. The van der Waals surface area contributed by atoms with Gasteiger partial charge in [0.25, 0.3) is 0 Å². The predicted molar refractivity (Wildman–Crippen MR) is 70.0 cm³/mol. The van der Waals surface area contributed by atoms with Crippen LogP contribution in [-0.4, -0.2) is 43.8 Å². The zero-order valence-electron chi connectivity index (χ0n) is 12.3. The van der Waals surface area contributed by atoms with Gasteiger partial charge in [0.05, 0.1) is 0 Å². The topological polar surface area (TPSA) is 105 Å². The molecule has 0 amide bonds. The van der Waals surface area contributed by atoms with E-state index in [0.29, 0.717) is 12.1 Å². The van der Waals surface area contributed by atoms with E-state index in [0.717, 1.165) is 0 Å². The lowest BCUT2D eigenvalue weighted by Crippen LogP contribution is -2.52. The Morgan fingerprint density at radius 2 is 0.905 bits per heavy atom. The SMILES string of the molecule is CC(=O)OC(OC(C)=O)[Si]1(C(OC(C)=O)OC(C)=O)CC1. The van der Waals surface area contributed by atoms with Gasteiger partial charge in [-0.2, -0.15) is 0 Å². The van der Waals surface area contributed by atoms with Gasteiger partial charge < -0.3 is 18.9 Å². The third-order valence-electron chi connectivity index (χ3n) is 2.86. The van der Waals surface area contributed by atoms with E-state index < -0.39 is 43.8 Å². The molecule has 1 fully saturated rings. The number of ether oxygens (including phenoxy) is 4. The van der Waals surface area contributed by atoms with Gasteiger partial charge in [-0.25, -0.2) is 0 Å². The molecule has 1 rings (SSSR count). The molecular formula is C12H18O8Si. The number of carbonyl (C=O) groups is 4. The van der Waals surface area contributed by atoms with Gasteiger partial charge in [0.1, 0.15) is 0 Å². The summed E-state index contributed by atoms with van der Waals surface area (Å²) in [5.41, 5.74) is 0. The molecule has 0 unspecified atom stereocenters. The van der Waals surface area contributed by atoms with Crippen LogP contribution in [0.1, 0.15) is 27.7 Å². The van der Waals surface area contributed by atoms with E-state index in [1.807, 2.05) is 0 Å². The second-order valence-electron chi connectivity index (χ2n) is 4.83. The molecule has 9 heteroatoms. The van der Waals surface area contributed by atoms with Gasteiger partial charge >= 0.3 is 23.9 Å². The van der Waals surface area contributed by atoms with E-state index in [1.165, 1.54) is 27.7 Å². The predicted octanol–water partition coefficient (Wildman–Crippen LogP) is 0.432. The van der Waals surface area contributed by atoms with E-state index in [-0.39, 0.29) is 0 Å². The Balaban J connectivity index is 2.99. The molecule has 0 aromatic carbocycles. The third kappa shape index (κ3) is 4.85. The molecule has 0 bridgehead atoms. The highest BCUT2D eigenvalue weighted by Crippen LogP contribution is 2.45. The molecule has 0 saturated carbocycles. The number of rotatable bonds is 6. The summed E-state index contributed by atoms with van der Waals surface area (Å²) in [6.07, 6.45) is 0. The summed E-state index contributed by atoms with van der Waals surface area (Å²) in [7, 11) is -2.74. The Morgan fingerprint density at radius 3 is 1.05 bits per heavy atom. The van der Waals surface area contributed by atoms with E-state index >= 15 is 0 Å². The van der Waals surface area contributed by atoms with Gasteiger partial charge in [-0.15, -0.1) is 0 Å². The molecule has 118 valence electrons. The first-order valence-electron chi connectivity index (χ1n) is 6.36. The van der Waals surface area contributed by atoms with Crippen LogP contribution >= 0.6 is 0 Å². The monoisotopic (exact) mass is 318 g/mol. The minimum absolute atomic E-state index is 0.545. The minimum Gasteiger partial charge on any atom is -0.429 e. The fourth-order valence-corrected chi connectivity index (χ4v) is 5.77. The van der Waals surface area contributed by atoms with Crippen LogP contribution in [0.15, 0.2) is 0 Å². The van der Waals surface area contributed by atoms with Crippen LogP contribution in [0, 0.1) is 0 Å². The van der Waals surface area contributed by atoms with Crippen LogP contribution < -0.4 is 0 Å². The Kier molecular flexibility index (Phi) is 5.47. The van der Waals surface area contributed by atoms with Gasteiger partial charge in [-0.3, -0.25) is 19.2 Å². The number of carbonyl (C=O) groups excluding carboxylic acids is 4. The summed E-state index contributed by atoms with van der Waals surface area (Å²) >= 11 is 0. The number of hydrogen-bond acceptors (Lipinski definition) is 8. The fraction of sp³-hybridized carbons (Fsp3) is 0.667. The summed E-state index contributed by atoms with van der Waals surface area (Å²) < 4.78 is 20.1. The zero-order chi connectivity index (χ0) is 16.2. The maximum Gasteiger partial charge on any atom is 0.305 e. The Hall–Kier alpha value is -1.90. The van der Waals surface area contributed by atoms with Crippen LogP contribution in [0.25, 0.3) is 0 Å². The van der Waals surface area contributed by atoms with Gasteiger partial charge in [0.15, 0.2) is 0 Å². The zero-order valence-corrected chi connectivity index (χ0v) is 13.3. The number of esters is 4. The maximum atomic E-state index is 11.2. The Labute approximate surface area is 122 Å². The highest BCUT2D eigenvalue weighted by molar-refractivity contribution is 6.91. The van der Waals surface area contributed by atoms with Crippen molar-refractivity contribution in [1.29, 1.82) is 0 Å². The van der Waals surface area contributed by atoms with E-state index in [1.54, 1.807) is 0 Å². The standard InChI is InChI=1S/C12H18O8Si/c1-7(13)17-11(18-8(2)14)21(5-6-21)12(19-9(3)15)20-10(4)16/h11-12H,5-6H2,1-4H3. The van der Waals surface area contributed by atoms with Crippen LogP contribution in [-0.2, 0) is 38.1 Å². The van der Waals surface area contributed by atoms with Crippen molar-refractivity contribution in [2.75, 3.05) is 0 Å². The molecule has 0 atom stereocenters. The summed E-state index contributed by atoms with van der Waals surface area (Å²) in [5, 5.41) is 0. The average Bonchev–Trinajstić information content (AvgIpc) is 3.05. The molecule has 0 radical (unpaired) electrons. The minimum atomic E-state index is -2.74. The molecule has 0 spiro atoms. The van der Waals surface area contributed by atoms with Crippen molar-refractivity contribution >= 4 is 32.0 Å². The van der Waals surface area contributed by atoms with Crippen LogP contribution in [0.2, 0.25) is 12.1 Å². The highest BCUT2D eigenvalue weighted by Gasteiger charge is 2.66. The van der Waals surface area contributed by atoms with Gasteiger partial charge in [-0.1, -0.05) is 0 Å². The first-order valence-corrected chi connectivity index (χ1v) is 8.93. The molecule has 8 nitrogen and oxygen atoms in total. The van der Waals surface area contributed by atoms with Crippen molar-refractivity contribution in [3.8, 4) is 0 Å². The van der Waals surface area contributed by atoms with Crippen molar-refractivity contribution in [2.24, 2.45) is 0 Å². The third-order valence-corrected chi connectivity index (χ3v) is 6.86. The van der Waals surface area contributed by atoms with Crippen LogP contribution in [0.4, 0.5) is 0 Å². The van der Waals surface area contributed by atoms with Crippen molar-refractivity contribution in [1.82, 2.24) is 0 Å². The molecule has 0 aromatic rings. The molecule has 0 aromatic heterocycles. The number of hydrogen-bond donors (Lipinski definition) is 0. The van der Waals surface area contributed by atoms with E-state index in [9.17, 15) is 19.2 Å². The summed E-state index contributed by atoms with van der Waals surface area (Å²) in [6.45, 7) is 4.70. The van der Waals surface area contributed by atoms with Crippen molar-refractivity contribution < 1.29 is 38.1 Å². The quantitative estimate of drug-likeness (QED) is 0.394. The van der Waals surface area contributed by atoms with Gasteiger partial charge in [-0.05, 0) is 12.1 Å². The van der Waals surface area contributed by atoms with Crippen LogP contribution in [0.3, 0.4) is 0 Å². The molecule has 1 saturated heterocycles. The smallest absolute Gasteiger partial charge is 0.305 e. The van der Waals surface area contributed by atoms with Crippen LogP contribution in [0.5, 0.6) is 0 Å². The average molecular weight is 318 g/mol. The second kappa shape index (κ2) is 6.70. The normalized spacial score (nSPS) is 15.3. The highest BCUT2D eigenvalue weighted by atomic mass is 28.3. The Bertz CT molecular complexity index is 386. The molecule has 0 aliphatic carbocycles. The van der Waals surface area contributed by atoms with E-state index in [4.69, 9.17) is 18.9 Å². The van der Waals surface area contributed by atoms with Crippen molar-refractivity contribution in [2.45, 2.75) is 51.6 Å². The lowest BCUT2D eigenvalue weighted by molar-refractivity contribution is -0.179. The Morgan fingerprint density at radius 1 is 0.667 bits per heavy atom. The second-order valence-corrected chi connectivity index (χ2v) is 9.24. The summed E-state index contributed by atoms with van der Waals surface area (Å²) in [5.74, 6) is -4.82. The molecule has 21 heavy (non-hydrogen) atoms. The largest absolute Gasteiger partial charge is 0.429 e. The first-order chi connectivity index (χ1) is 9.67. The first kappa shape index (κ1) is 17.1. The van der Waals surface area contributed by atoms with Crippen molar-refractivity contribution in [3.05, 3.63) is 0 Å². The van der Waals surface area contributed by atoms with Crippen molar-refractivity contribution in [3.63, 3.8) is 0 Å². The molecule has 1 aliphatic heterocycles. The summed E-state index contributed by atoms with van der Waals surface area (Å²) in [6, 6.07) is 1.09. The van der Waals surface area contributed by atoms with Gasteiger partial charge in [0, 0.05) is 27.7 Å². The lowest BCUT2D eigenvalue weighted by Gasteiger charge is -2.29. The van der Waals surface area contributed by atoms with E-state index in [2.05, 4.69) is 0 Å². The molecule has 1 aliphatic rings. The molecular weight excluding hydrogens is 300 g/mol. The summed E-state index contributed by atoms with van der Waals surface area (Å²) in [4.78, 5) is 44.7. The lowest BCUT2D eigenvalue weighted by atomic mass is 10.8. The molecule has 1 heterocycles. The fourth-order valence-electron chi connectivity index (χ4n) is 1.85. The maximum absolute atomic E-state index is 11.2. The van der Waals surface area contributed by atoms with Gasteiger partial charge in [0.2, 0.25) is 19.9 Å².